The number of anilines is 5. The molecule has 5 aromatic rings. The van der Waals surface area contributed by atoms with Crippen LogP contribution in [0.15, 0.2) is 77.8 Å². The Balaban J connectivity index is 1.42. The van der Waals surface area contributed by atoms with E-state index in [9.17, 15) is 22.8 Å². The number of nitrogens with two attached hydrogens (primary N) is 1. The highest BCUT2D eigenvalue weighted by atomic mass is 32.2. The highest BCUT2D eigenvalue weighted by molar-refractivity contribution is 7.89. The number of benzene rings is 3. The Morgan fingerprint density at radius 3 is 2.39 bits per heavy atom. The van der Waals surface area contributed by atoms with Gasteiger partial charge in [0.25, 0.3) is 0 Å². The molecule has 3 aromatic carbocycles. The summed E-state index contributed by atoms with van der Waals surface area (Å²) in [5.41, 5.74) is 4.09. The number of carbonyl (C=O) groups is 3. The normalized spacial score (nSPS) is 11.3. The van der Waals surface area contributed by atoms with Crippen LogP contribution in [-0.2, 0) is 38.0 Å². The van der Waals surface area contributed by atoms with E-state index >= 15 is 0 Å². The lowest BCUT2D eigenvalue weighted by atomic mass is 10.2. The van der Waals surface area contributed by atoms with Crippen molar-refractivity contribution < 1.29 is 27.5 Å². The third-order valence-electron chi connectivity index (χ3n) is 7.79. The summed E-state index contributed by atoms with van der Waals surface area (Å²) in [7, 11) is 1.59. The summed E-state index contributed by atoms with van der Waals surface area (Å²) in [6.07, 6.45) is 0.773. The number of nitrogens with one attached hydrogen (secondary N) is 1. The van der Waals surface area contributed by atoms with Gasteiger partial charge in [0.1, 0.15) is 17.9 Å². The summed E-state index contributed by atoms with van der Waals surface area (Å²) in [5.74, 6) is 0.0615. The van der Waals surface area contributed by atoms with Crippen molar-refractivity contribution in [2.45, 2.75) is 38.2 Å². The highest BCUT2D eigenvalue weighted by Gasteiger charge is 2.26. The maximum absolute atomic E-state index is 13.8. The summed E-state index contributed by atoms with van der Waals surface area (Å²) >= 11 is 0. The van der Waals surface area contributed by atoms with E-state index in [0.29, 0.717) is 22.6 Å². The molecule has 0 aliphatic heterocycles. The van der Waals surface area contributed by atoms with Crippen molar-refractivity contribution in [3.63, 3.8) is 0 Å². The molecule has 0 spiro atoms. The first-order valence-electron chi connectivity index (χ1n) is 15.0. The smallest absolute Gasteiger partial charge is 0.421 e. The standard InChI is InChI=1S/C33H35N8O6PS/c1-20-5-10-25(18-28(20)49(34,45)46)41(33(44)47-19-22-6-8-23(9-7-22)36-30(42)13-14-31(43)48)32-35-16-15-29(37-32)39(3)24-11-12-26-21(2)40(4)38-27(26)17-24/h5-12,15-18H,13-14,19,48H2,1-4H3,(H,36,42)(H2,34,45,46). The molecule has 0 saturated heterocycles. The predicted octanol–water partition coefficient (Wildman–Crippen LogP) is 4.99. The Bertz CT molecular complexity index is 2170. The van der Waals surface area contributed by atoms with Gasteiger partial charge in [-0.2, -0.15) is 10.1 Å². The minimum Gasteiger partial charge on any atom is -0.444 e. The average Bonchev–Trinajstić information content (AvgIpc) is 3.35. The first-order valence-corrected chi connectivity index (χ1v) is 17.1. The summed E-state index contributed by atoms with van der Waals surface area (Å²) in [6.45, 7) is 3.42. The number of carbonyl (C=O) groups excluding carboxylic acids is 3. The van der Waals surface area contributed by atoms with Crippen LogP contribution in [0.4, 0.5) is 33.6 Å². The zero-order valence-electron chi connectivity index (χ0n) is 27.2. The SMILES string of the molecule is Cc1ccc(N(C(=O)OCc2ccc(NC(=O)CCC(=O)P)cc2)c2nccc(N(C)c3ccc4c(C)n(C)nc4c3)n2)cc1S(N)(=O)=O. The lowest BCUT2D eigenvalue weighted by molar-refractivity contribution is -0.119. The van der Waals surface area contributed by atoms with Crippen molar-refractivity contribution in [2.24, 2.45) is 12.2 Å². The summed E-state index contributed by atoms with van der Waals surface area (Å²) in [4.78, 5) is 48.7. The van der Waals surface area contributed by atoms with Crippen molar-refractivity contribution in [3.05, 3.63) is 89.7 Å². The molecule has 1 unspecified atom stereocenters. The number of hydrogen-bond acceptors (Lipinski definition) is 10. The Morgan fingerprint density at radius 2 is 1.69 bits per heavy atom. The van der Waals surface area contributed by atoms with Gasteiger partial charge in [-0.3, -0.25) is 14.3 Å². The van der Waals surface area contributed by atoms with E-state index in [4.69, 9.17) is 9.88 Å². The topological polar surface area (TPSA) is 183 Å². The number of aryl methyl sites for hydroxylation is 3. The van der Waals surface area contributed by atoms with Crippen molar-refractivity contribution in [1.82, 2.24) is 19.7 Å². The molecule has 2 aromatic heterocycles. The summed E-state index contributed by atoms with van der Waals surface area (Å²) in [6, 6.07) is 18.5. The lowest BCUT2D eigenvalue weighted by Gasteiger charge is -2.24. The van der Waals surface area contributed by atoms with Gasteiger partial charge in [-0.05, 0) is 73.5 Å². The van der Waals surface area contributed by atoms with Crippen LogP contribution in [0.3, 0.4) is 0 Å². The number of hydrogen-bond donors (Lipinski definition) is 2. The molecule has 0 aliphatic rings. The molecule has 254 valence electrons. The van der Waals surface area contributed by atoms with E-state index in [-0.39, 0.29) is 47.4 Å². The zero-order valence-corrected chi connectivity index (χ0v) is 29.2. The maximum atomic E-state index is 13.8. The van der Waals surface area contributed by atoms with Crippen molar-refractivity contribution in [3.8, 4) is 0 Å². The van der Waals surface area contributed by atoms with Crippen LogP contribution < -0.4 is 20.3 Å². The number of nitrogens with zero attached hydrogens (tertiary/aromatic N) is 6. The Morgan fingerprint density at radius 1 is 0.980 bits per heavy atom. The summed E-state index contributed by atoms with van der Waals surface area (Å²) in [5, 5.41) is 13.8. The Kier molecular flexibility index (Phi) is 10.4. The van der Waals surface area contributed by atoms with E-state index in [2.05, 4.69) is 20.4 Å². The molecule has 2 heterocycles. The second kappa shape index (κ2) is 14.5. The average molecular weight is 703 g/mol. The molecule has 0 bridgehead atoms. The second-order valence-corrected chi connectivity index (χ2v) is 13.5. The maximum Gasteiger partial charge on any atom is 0.421 e. The van der Waals surface area contributed by atoms with Crippen molar-refractivity contribution in [1.29, 1.82) is 0 Å². The number of aromatic nitrogens is 4. The summed E-state index contributed by atoms with van der Waals surface area (Å²) < 4.78 is 32.2. The largest absolute Gasteiger partial charge is 0.444 e. The first-order chi connectivity index (χ1) is 23.2. The van der Waals surface area contributed by atoms with Gasteiger partial charge in [0.15, 0.2) is 0 Å². The number of amides is 2. The minimum atomic E-state index is -4.13. The Hall–Kier alpha value is -5.24. The number of primary sulfonamides is 1. The van der Waals surface area contributed by atoms with E-state index in [1.165, 1.54) is 18.3 Å². The van der Waals surface area contributed by atoms with Gasteiger partial charge in [-0.15, -0.1) is 0 Å². The monoisotopic (exact) mass is 702 g/mol. The fraction of sp³-hybridized carbons (Fsp3) is 0.212. The molecular formula is C33H35N8O6PS. The second-order valence-electron chi connectivity index (χ2n) is 11.3. The van der Waals surface area contributed by atoms with E-state index in [1.54, 1.807) is 43.3 Å². The van der Waals surface area contributed by atoms with Crippen molar-refractivity contribution >= 4 is 76.5 Å². The van der Waals surface area contributed by atoms with Gasteiger partial charge in [-0.1, -0.05) is 27.4 Å². The molecule has 1 atom stereocenters. The molecule has 3 N–H and O–H groups in total. The molecule has 2 amide bonds. The van der Waals surface area contributed by atoms with Crippen LogP contribution in [0, 0.1) is 13.8 Å². The van der Waals surface area contributed by atoms with E-state index < -0.39 is 16.1 Å². The van der Waals surface area contributed by atoms with E-state index in [0.717, 1.165) is 27.2 Å². The zero-order chi connectivity index (χ0) is 35.5. The number of fused-ring (bicyclic) bond motifs is 1. The van der Waals surface area contributed by atoms with E-state index in [1.807, 2.05) is 58.0 Å². The van der Waals surface area contributed by atoms with Crippen LogP contribution in [0.25, 0.3) is 10.9 Å². The van der Waals surface area contributed by atoms with Gasteiger partial charge in [0.05, 0.1) is 16.1 Å². The van der Waals surface area contributed by atoms with Gasteiger partial charge in [0.2, 0.25) is 21.9 Å². The third-order valence-corrected chi connectivity index (χ3v) is 9.13. The van der Waals surface area contributed by atoms with Crippen LogP contribution in [0.1, 0.15) is 29.7 Å². The Labute approximate surface area is 285 Å². The van der Waals surface area contributed by atoms with Crippen LogP contribution in [0.2, 0.25) is 0 Å². The fourth-order valence-electron chi connectivity index (χ4n) is 4.99. The molecule has 5 rings (SSSR count). The van der Waals surface area contributed by atoms with Crippen LogP contribution in [-0.4, -0.2) is 52.7 Å². The molecule has 16 heteroatoms. The van der Waals surface area contributed by atoms with Gasteiger partial charge in [-0.25, -0.2) is 28.2 Å². The molecule has 0 fully saturated rings. The fourth-order valence-corrected chi connectivity index (χ4v) is 5.93. The molecule has 0 aliphatic carbocycles. The molecule has 49 heavy (non-hydrogen) atoms. The van der Waals surface area contributed by atoms with Gasteiger partial charge >= 0.3 is 6.09 Å². The highest BCUT2D eigenvalue weighted by Crippen LogP contribution is 2.31. The minimum absolute atomic E-state index is 0.0575. The van der Waals surface area contributed by atoms with Gasteiger partial charge in [0, 0.05) is 55.6 Å². The number of ether oxygens (including phenoxy) is 1. The molecule has 0 saturated carbocycles. The lowest BCUT2D eigenvalue weighted by Crippen LogP contribution is -2.29. The predicted molar refractivity (Wildman–Crippen MR) is 189 cm³/mol. The number of sulfonamides is 1. The molecular weight excluding hydrogens is 667 g/mol. The van der Waals surface area contributed by atoms with Crippen molar-refractivity contribution in [2.75, 3.05) is 22.2 Å². The van der Waals surface area contributed by atoms with Crippen LogP contribution in [0.5, 0.6) is 0 Å². The number of rotatable bonds is 11. The first kappa shape index (κ1) is 35.1. The van der Waals surface area contributed by atoms with Gasteiger partial charge < -0.3 is 15.0 Å². The third kappa shape index (κ3) is 8.26. The molecule has 14 nitrogen and oxygen atoms in total. The quantitative estimate of drug-likeness (QED) is 0.178. The van der Waals surface area contributed by atoms with Crippen LogP contribution >= 0.6 is 9.24 Å². The molecule has 0 radical (unpaired) electrons.